The molecule has 0 aliphatic rings. The molecule has 0 aromatic heterocycles. The minimum atomic E-state index is 0. The van der Waals surface area contributed by atoms with E-state index in [1.54, 1.807) is 0 Å². The van der Waals surface area contributed by atoms with E-state index in [0.717, 1.165) is 22.4 Å². The average molecular weight is 551 g/mol. The van der Waals surface area contributed by atoms with Crippen LogP contribution in [0.2, 0.25) is 13.1 Å². The summed E-state index contributed by atoms with van der Waals surface area (Å²) in [6.07, 6.45) is 4.56. The number of rotatable bonds is 2. The van der Waals surface area contributed by atoms with Crippen LogP contribution in [0.1, 0.15) is 39.5 Å². The minimum Gasteiger partial charge on any atom is -0.343 e. The van der Waals surface area contributed by atoms with Crippen LogP contribution in [0.3, 0.4) is 0 Å². The second-order valence-electron chi connectivity index (χ2n) is 8.84. The van der Waals surface area contributed by atoms with Gasteiger partial charge in [0, 0.05) is 9.52 Å². The number of unbranched alkanes of at least 4 members (excludes halogenated alkanes) is 2. The first kappa shape index (κ1) is 33.6. The molecular formula is C36H42SiTi. The normalized spacial score (nSPS) is 9.63. The Bertz CT molecular complexity index is 1210. The van der Waals surface area contributed by atoms with Crippen molar-refractivity contribution < 1.29 is 21.7 Å². The monoisotopic (exact) mass is 550 g/mol. The molecule has 0 heterocycles. The van der Waals surface area contributed by atoms with Crippen molar-refractivity contribution in [3.8, 4) is 0 Å². The Balaban J connectivity index is 0.000000272. The Hall–Kier alpha value is -2.45. The number of hydrogen-bond donors (Lipinski definition) is 0. The molecule has 194 valence electrons. The van der Waals surface area contributed by atoms with E-state index in [2.05, 4.69) is 150 Å². The van der Waals surface area contributed by atoms with Crippen molar-refractivity contribution in [2.24, 2.45) is 0 Å². The fourth-order valence-electron chi connectivity index (χ4n) is 3.81. The van der Waals surface area contributed by atoms with Gasteiger partial charge in [0.15, 0.2) is 0 Å². The van der Waals surface area contributed by atoms with Crippen LogP contribution >= 0.6 is 0 Å². The van der Waals surface area contributed by atoms with Gasteiger partial charge in [0.05, 0.1) is 0 Å². The molecular weight excluding hydrogens is 508 g/mol. The molecule has 38 heavy (non-hydrogen) atoms. The molecule has 0 atom stereocenters. The number of fused-ring (bicyclic) bond motifs is 6. The second-order valence-corrected chi connectivity index (χ2v) is 9.84. The fourth-order valence-corrected chi connectivity index (χ4v) is 3.81. The molecule has 0 saturated heterocycles. The second kappa shape index (κ2) is 19.6. The van der Waals surface area contributed by atoms with Crippen LogP contribution in [0.5, 0.6) is 0 Å². The molecule has 0 aliphatic heterocycles. The standard InChI is InChI=1S/2C13H9.2C4H9.C2H6Si.Ti/c2*1-3-7-12-10(5-1)9-11-6-2-4-8-13(11)12;2*1-3-4-2;1-3-2;/h2*1-9H;2*1,3-4H2,2H3;1-2H3;/q4*-1;;+4. The van der Waals surface area contributed by atoms with Gasteiger partial charge in [0.25, 0.3) is 0 Å². The Morgan fingerprint density at radius 3 is 0.868 bits per heavy atom. The van der Waals surface area contributed by atoms with Crippen LogP contribution < -0.4 is 0 Å². The van der Waals surface area contributed by atoms with Crippen molar-refractivity contribution in [1.82, 2.24) is 0 Å². The van der Waals surface area contributed by atoms with Crippen molar-refractivity contribution in [2.75, 3.05) is 0 Å². The maximum Gasteiger partial charge on any atom is 4.00 e. The third-order valence-corrected chi connectivity index (χ3v) is 5.75. The van der Waals surface area contributed by atoms with Gasteiger partial charge in [-0.05, 0) is 0 Å². The van der Waals surface area contributed by atoms with Crippen molar-refractivity contribution >= 4 is 52.6 Å². The molecule has 6 aromatic carbocycles. The van der Waals surface area contributed by atoms with Gasteiger partial charge >= 0.3 is 21.7 Å². The summed E-state index contributed by atoms with van der Waals surface area (Å²) in [4.78, 5) is 0. The van der Waals surface area contributed by atoms with E-state index in [1.807, 2.05) is 0 Å². The maximum atomic E-state index is 3.60. The zero-order valence-electron chi connectivity index (χ0n) is 23.6. The summed E-state index contributed by atoms with van der Waals surface area (Å²) in [7, 11) is 1.08. The van der Waals surface area contributed by atoms with Gasteiger partial charge in [-0.15, -0.1) is 79.5 Å². The van der Waals surface area contributed by atoms with Crippen molar-refractivity contribution in [1.29, 1.82) is 0 Å². The van der Waals surface area contributed by atoms with E-state index in [-0.39, 0.29) is 21.7 Å². The SMILES string of the molecule is C[Si]C.[CH2-]CCC.[CH2-]CCC.[Ti+4].c1ccc2c(c1)[cH-]c1ccccc12.c1ccc2c(c1)[cH-]c1ccccc12. The maximum absolute atomic E-state index is 3.60. The first-order valence-corrected chi connectivity index (χ1v) is 15.4. The zero-order valence-corrected chi connectivity index (χ0v) is 26.2. The van der Waals surface area contributed by atoms with Crippen LogP contribution in [-0.2, 0) is 21.7 Å². The van der Waals surface area contributed by atoms with Crippen LogP contribution in [0.4, 0.5) is 0 Å². The van der Waals surface area contributed by atoms with Crippen molar-refractivity contribution in [3.05, 3.63) is 123 Å². The molecule has 0 saturated carbocycles. The minimum absolute atomic E-state index is 0. The first-order valence-electron chi connectivity index (χ1n) is 13.4. The summed E-state index contributed by atoms with van der Waals surface area (Å²) < 4.78 is 0. The Kier molecular flexibility index (Phi) is 17.3. The van der Waals surface area contributed by atoms with E-state index < -0.39 is 0 Å². The largest absolute Gasteiger partial charge is 4.00 e. The fraction of sp³-hybridized carbons (Fsp3) is 0.222. The van der Waals surface area contributed by atoms with Crippen LogP contribution in [0.25, 0.3) is 43.1 Å². The van der Waals surface area contributed by atoms with E-state index in [9.17, 15) is 0 Å². The third-order valence-electron chi connectivity index (χ3n) is 5.75. The molecule has 0 amide bonds. The molecule has 2 radical (unpaired) electrons. The van der Waals surface area contributed by atoms with Gasteiger partial charge < -0.3 is 13.8 Å². The van der Waals surface area contributed by atoms with Crippen LogP contribution in [-0.4, -0.2) is 9.52 Å². The summed E-state index contributed by atoms with van der Waals surface area (Å²) in [6.45, 7) is 15.7. The quantitative estimate of drug-likeness (QED) is 0.149. The zero-order chi connectivity index (χ0) is 26.9. The summed E-state index contributed by atoms with van der Waals surface area (Å²) in [5.74, 6) is 0. The number of benzene rings is 4. The van der Waals surface area contributed by atoms with Gasteiger partial charge in [0.2, 0.25) is 0 Å². The van der Waals surface area contributed by atoms with Crippen molar-refractivity contribution in [2.45, 2.75) is 52.6 Å². The van der Waals surface area contributed by atoms with Gasteiger partial charge in [-0.1, -0.05) is 113 Å². The molecule has 0 nitrogen and oxygen atoms in total. The molecule has 2 heteroatoms. The van der Waals surface area contributed by atoms with Gasteiger partial charge in [0.1, 0.15) is 0 Å². The average Bonchev–Trinajstić information content (AvgIpc) is 3.52. The Morgan fingerprint density at radius 1 is 0.500 bits per heavy atom. The first-order chi connectivity index (χ1) is 18.1. The molecule has 0 N–H and O–H groups in total. The molecule has 0 aliphatic carbocycles. The van der Waals surface area contributed by atoms with E-state index >= 15 is 0 Å². The van der Waals surface area contributed by atoms with Crippen LogP contribution in [0, 0.1) is 13.8 Å². The number of hydrogen-bond acceptors (Lipinski definition) is 0. The van der Waals surface area contributed by atoms with Crippen molar-refractivity contribution in [3.63, 3.8) is 0 Å². The van der Waals surface area contributed by atoms with Gasteiger partial charge in [-0.2, -0.15) is 12.8 Å². The molecule has 0 bridgehead atoms. The molecule has 6 rings (SSSR count). The summed E-state index contributed by atoms with van der Waals surface area (Å²) >= 11 is 0. The Labute approximate surface area is 248 Å². The molecule has 0 unspecified atom stereocenters. The van der Waals surface area contributed by atoms with E-state index in [0.29, 0.717) is 0 Å². The topological polar surface area (TPSA) is 0 Å². The van der Waals surface area contributed by atoms with E-state index in [4.69, 9.17) is 0 Å². The van der Waals surface area contributed by atoms with Gasteiger partial charge in [-0.3, -0.25) is 0 Å². The van der Waals surface area contributed by atoms with E-state index in [1.165, 1.54) is 55.9 Å². The van der Waals surface area contributed by atoms with Crippen LogP contribution in [0.15, 0.2) is 109 Å². The predicted molar refractivity (Wildman–Crippen MR) is 172 cm³/mol. The Morgan fingerprint density at radius 2 is 0.684 bits per heavy atom. The molecule has 0 spiro atoms. The third kappa shape index (κ3) is 10.0. The molecule has 6 aromatic rings. The smallest absolute Gasteiger partial charge is 0.343 e. The van der Waals surface area contributed by atoms with Gasteiger partial charge in [-0.25, -0.2) is 0 Å². The predicted octanol–water partition coefficient (Wildman–Crippen LogP) is 11.4. The summed E-state index contributed by atoms with van der Waals surface area (Å²) in [6, 6.07) is 38.5. The summed E-state index contributed by atoms with van der Waals surface area (Å²) in [5, 5.41) is 10.8. The molecule has 0 fully saturated rings. The summed E-state index contributed by atoms with van der Waals surface area (Å²) in [5.41, 5.74) is 0.